The zero-order valence-corrected chi connectivity index (χ0v) is 13.9. The summed E-state index contributed by atoms with van der Waals surface area (Å²) in [7, 11) is 0. The standard InChI is InChI=1S/C18H28N2O/c1-13(20-16(21)18(5)10-11-19-12-18)14-6-8-15(9-7-14)17(2,3)4/h6-9,13,19H,10-12H2,1-5H3,(H,20,21). The molecule has 1 aliphatic rings. The second kappa shape index (κ2) is 5.80. The van der Waals surface area contributed by atoms with Crippen molar-refractivity contribution in [3.05, 3.63) is 35.4 Å². The molecule has 21 heavy (non-hydrogen) atoms. The van der Waals surface area contributed by atoms with Crippen LogP contribution in [0, 0.1) is 5.41 Å². The van der Waals surface area contributed by atoms with Crippen molar-refractivity contribution in [2.24, 2.45) is 5.41 Å². The smallest absolute Gasteiger partial charge is 0.227 e. The van der Waals surface area contributed by atoms with Crippen molar-refractivity contribution < 1.29 is 4.79 Å². The van der Waals surface area contributed by atoms with Crippen LogP contribution in [0.3, 0.4) is 0 Å². The lowest BCUT2D eigenvalue weighted by atomic mass is 9.86. The molecule has 3 heteroatoms. The number of benzene rings is 1. The van der Waals surface area contributed by atoms with Crippen LogP contribution >= 0.6 is 0 Å². The second-order valence-electron chi connectivity index (χ2n) is 7.55. The monoisotopic (exact) mass is 288 g/mol. The van der Waals surface area contributed by atoms with Crippen LogP contribution in [0.15, 0.2) is 24.3 Å². The van der Waals surface area contributed by atoms with Gasteiger partial charge in [0.1, 0.15) is 0 Å². The van der Waals surface area contributed by atoms with Gasteiger partial charge in [0.15, 0.2) is 0 Å². The number of hydrogen-bond acceptors (Lipinski definition) is 2. The molecule has 1 heterocycles. The van der Waals surface area contributed by atoms with E-state index in [1.54, 1.807) is 0 Å². The summed E-state index contributed by atoms with van der Waals surface area (Å²) >= 11 is 0. The fraction of sp³-hybridized carbons (Fsp3) is 0.611. The van der Waals surface area contributed by atoms with Crippen LogP contribution in [-0.2, 0) is 10.2 Å². The summed E-state index contributed by atoms with van der Waals surface area (Å²) in [6, 6.07) is 8.62. The fourth-order valence-corrected chi connectivity index (χ4v) is 2.74. The second-order valence-corrected chi connectivity index (χ2v) is 7.55. The number of nitrogens with one attached hydrogen (secondary N) is 2. The molecule has 0 bridgehead atoms. The Morgan fingerprint density at radius 3 is 2.38 bits per heavy atom. The van der Waals surface area contributed by atoms with Gasteiger partial charge in [0.2, 0.25) is 5.91 Å². The number of carbonyl (C=O) groups is 1. The molecule has 1 aromatic rings. The third-order valence-corrected chi connectivity index (χ3v) is 4.54. The van der Waals surface area contributed by atoms with Crippen molar-refractivity contribution in [1.29, 1.82) is 0 Å². The lowest BCUT2D eigenvalue weighted by Crippen LogP contribution is -2.41. The SMILES string of the molecule is CC(NC(=O)C1(C)CCNC1)c1ccc(C(C)(C)C)cc1. The molecule has 2 atom stereocenters. The molecule has 2 rings (SSSR count). The van der Waals surface area contributed by atoms with Crippen molar-refractivity contribution in [2.75, 3.05) is 13.1 Å². The van der Waals surface area contributed by atoms with Gasteiger partial charge in [0.05, 0.1) is 11.5 Å². The van der Waals surface area contributed by atoms with Gasteiger partial charge in [-0.05, 0) is 43.4 Å². The number of rotatable bonds is 3. The topological polar surface area (TPSA) is 41.1 Å². The van der Waals surface area contributed by atoms with Crippen LogP contribution < -0.4 is 10.6 Å². The Morgan fingerprint density at radius 2 is 1.90 bits per heavy atom. The molecule has 2 N–H and O–H groups in total. The average molecular weight is 288 g/mol. The van der Waals surface area contributed by atoms with Crippen LogP contribution in [0.4, 0.5) is 0 Å². The summed E-state index contributed by atoms with van der Waals surface area (Å²) in [5.41, 5.74) is 2.37. The third kappa shape index (κ3) is 3.65. The highest BCUT2D eigenvalue weighted by molar-refractivity contribution is 5.83. The summed E-state index contributed by atoms with van der Waals surface area (Å²) in [5.74, 6) is 0.153. The van der Waals surface area contributed by atoms with E-state index in [0.29, 0.717) is 0 Å². The summed E-state index contributed by atoms with van der Waals surface area (Å²) in [6.07, 6.45) is 0.911. The third-order valence-electron chi connectivity index (χ3n) is 4.54. The van der Waals surface area contributed by atoms with E-state index in [9.17, 15) is 4.79 Å². The molecule has 1 aliphatic heterocycles. The summed E-state index contributed by atoms with van der Waals surface area (Å²) in [5, 5.41) is 6.43. The Morgan fingerprint density at radius 1 is 1.29 bits per heavy atom. The first kappa shape index (κ1) is 16.0. The van der Waals surface area contributed by atoms with Gasteiger partial charge in [-0.15, -0.1) is 0 Å². The lowest BCUT2D eigenvalue weighted by molar-refractivity contribution is -0.129. The highest BCUT2D eigenvalue weighted by atomic mass is 16.2. The molecule has 116 valence electrons. The van der Waals surface area contributed by atoms with E-state index in [4.69, 9.17) is 0 Å². The van der Waals surface area contributed by atoms with E-state index in [2.05, 4.69) is 62.6 Å². The number of amides is 1. The quantitative estimate of drug-likeness (QED) is 0.897. The first-order valence-corrected chi connectivity index (χ1v) is 7.84. The maximum Gasteiger partial charge on any atom is 0.227 e. The van der Waals surface area contributed by atoms with Crippen LogP contribution in [0.25, 0.3) is 0 Å². The Hall–Kier alpha value is -1.35. The minimum Gasteiger partial charge on any atom is -0.349 e. The Balaban J connectivity index is 2.03. The minimum atomic E-state index is -0.264. The molecule has 0 radical (unpaired) electrons. The maximum absolute atomic E-state index is 12.4. The molecule has 2 unspecified atom stereocenters. The molecular weight excluding hydrogens is 260 g/mol. The minimum absolute atomic E-state index is 0.0453. The Kier molecular flexibility index (Phi) is 4.43. The highest BCUT2D eigenvalue weighted by Crippen LogP contribution is 2.27. The fourth-order valence-electron chi connectivity index (χ4n) is 2.74. The van der Waals surface area contributed by atoms with Gasteiger partial charge in [0, 0.05) is 6.54 Å². The lowest BCUT2D eigenvalue weighted by Gasteiger charge is -2.25. The summed E-state index contributed by atoms with van der Waals surface area (Å²) in [6.45, 7) is 12.4. The number of carbonyl (C=O) groups excluding carboxylic acids is 1. The van der Waals surface area contributed by atoms with Crippen molar-refractivity contribution >= 4 is 5.91 Å². The first-order valence-electron chi connectivity index (χ1n) is 7.84. The van der Waals surface area contributed by atoms with Gasteiger partial charge in [-0.3, -0.25) is 4.79 Å². The molecule has 1 fully saturated rings. The molecular formula is C18H28N2O. The van der Waals surface area contributed by atoms with Crippen LogP contribution in [0.1, 0.15) is 58.2 Å². The molecule has 0 saturated carbocycles. The zero-order chi connectivity index (χ0) is 15.7. The van der Waals surface area contributed by atoms with Crippen LogP contribution in [-0.4, -0.2) is 19.0 Å². The molecule has 1 saturated heterocycles. The van der Waals surface area contributed by atoms with Gasteiger partial charge < -0.3 is 10.6 Å². The van der Waals surface area contributed by atoms with Gasteiger partial charge in [-0.2, -0.15) is 0 Å². The molecule has 0 spiro atoms. The van der Waals surface area contributed by atoms with Gasteiger partial charge in [-0.1, -0.05) is 45.0 Å². The average Bonchev–Trinajstić information content (AvgIpc) is 2.86. The van der Waals surface area contributed by atoms with Gasteiger partial charge >= 0.3 is 0 Å². The van der Waals surface area contributed by atoms with E-state index < -0.39 is 0 Å². The molecule has 1 aromatic carbocycles. The molecule has 0 aromatic heterocycles. The summed E-state index contributed by atoms with van der Waals surface area (Å²) < 4.78 is 0. The van der Waals surface area contributed by atoms with Gasteiger partial charge in [0.25, 0.3) is 0 Å². The van der Waals surface area contributed by atoms with E-state index in [1.165, 1.54) is 5.56 Å². The van der Waals surface area contributed by atoms with E-state index in [-0.39, 0.29) is 22.8 Å². The van der Waals surface area contributed by atoms with Crippen molar-refractivity contribution in [1.82, 2.24) is 10.6 Å². The van der Waals surface area contributed by atoms with Gasteiger partial charge in [-0.25, -0.2) is 0 Å². The molecule has 1 amide bonds. The van der Waals surface area contributed by atoms with E-state index >= 15 is 0 Å². The van der Waals surface area contributed by atoms with Crippen molar-refractivity contribution in [3.63, 3.8) is 0 Å². The predicted octanol–water partition coefficient (Wildman–Crippen LogP) is 3.16. The predicted molar refractivity (Wildman–Crippen MR) is 87.3 cm³/mol. The first-order chi connectivity index (χ1) is 9.72. The van der Waals surface area contributed by atoms with Crippen molar-refractivity contribution in [3.8, 4) is 0 Å². The van der Waals surface area contributed by atoms with Crippen molar-refractivity contribution in [2.45, 2.75) is 52.5 Å². The van der Waals surface area contributed by atoms with E-state index in [0.717, 1.165) is 25.1 Å². The van der Waals surface area contributed by atoms with E-state index in [1.807, 2.05) is 6.92 Å². The maximum atomic E-state index is 12.4. The molecule has 0 aliphatic carbocycles. The molecule has 3 nitrogen and oxygen atoms in total. The number of hydrogen-bond donors (Lipinski definition) is 2. The van der Waals surface area contributed by atoms with Crippen LogP contribution in [0.5, 0.6) is 0 Å². The highest BCUT2D eigenvalue weighted by Gasteiger charge is 2.36. The Bertz CT molecular complexity index is 493. The van der Waals surface area contributed by atoms with Crippen LogP contribution in [0.2, 0.25) is 0 Å². The largest absolute Gasteiger partial charge is 0.349 e. The zero-order valence-electron chi connectivity index (χ0n) is 13.9. The summed E-state index contributed by atoms with van der Waals surface area (Å²) in [4.78, 5) is 12.4. The normalized spacial score (nSPS) is 23.9. The Labute approximate surface area is 128 Å².